The molecular formula is C24H19NO3. The molecule has 4 nitrogen and oxygen atoms in total. The van der Waals surface area contributed by atoms with Crippen LogP contribution in [0.5, 0.6) is 0 Å². The molecule has 1 N–H and O–H groups in total. The minimum atomic E-state index is -0.819. The summed E-state index contributed by atoms with van der Waals surface area (Å²) >= 11 is 0. The summed E-state index contributed by atoms with van der Waals surface area (Å²) in [6, 6.07) is 24.8. The second-order valence-electron chi connectivity index (χ2n) is 6.61. The van der Waals surface area contributed by atoms with Gasteiger partial charge in [0.2, 0.25) is 0 Å². The van der Waals surface area contributed by atoms with Gasteiger partial charge in [0.15, 0.2) is 6.10 Å². The van der Waals surface area contributed by atoms with Crippen LogP contribution < -0.4 is 5.32 Å². The van der Waals surface area contributed by atoms with Crippen LogP contribution >= 0.6 is 0 Å². The minimum Gasteiger partial charge on any atom is -0.448 e. The fourth-order valence-electron chi connectivity index (χ4n) is 3.13. The first-order chi connectivity index (χ1) is 13.7. The van der Waals surface area contributed by atoms with E-state index in [-0.39, 0.29) is 5.91 Å². The van der Waals surface area contributed by atoms with E-state index in [0.29, 0.717) is 17.7 Å². The molecule has 1 unspecified atom stereocenters. The third kappa shape index (κ3) is 4.01. The van der Waals surface area contributed by atoms with E-state index >= 15 is 0 Å². The van der Waals surface area contributed by atoms with Crippen LogP contribution in [0.1, 0.15) is 27.0 Å². The predicted molar refractivity (Wildman–Crippen MR) is 110 cm³/mol. The molecule has 0 aliphatic carbocycles. The highest BCUT2D eigenvalue weighted by molar-refractivity contribution is 6.00. The van der Waals surface area contributed by atoms with Gasteiger partial charge in [-0.2, -0.15) is 0 Å². The van der Waals surface area contributed by atoms with Crippen LogP contribution in [-0.4, -0.2) is 18.0 Å². The van der Waals surface area contributed by atoms with Crippen molar-refractivity contribution < 1.29 is 14.3 Å². The van der Waals surface area contributed by atoms with Gasteiger partial charge in [-0.25, -0.2) is 4.79 Å². The first-order valence-corrected chi connectivity index (χ1v) is 9.12. The highest BCUT2D eigenvalue weighted by Crippen LogP contribution is 2.22. The van der Waals surface area contributed by atoms with Crippen LogP contribution in [0.2, 0.25) is 0 Å². The lowest BCUT2D eigenvalue weighted by Gasteiger charge is -2.23. The summed E-state index contributed by atoms with van der Waals surface area (Å²) in [5.74, 6) is -0.779. The molecule has 3 aromatic carbocycles. The molecule has 0 saturated heterocycles. The molecule has 4 heteroatoms. The Kier molecular flexibility index (Phi) is 5.02. The van der Waals surface area contributed by atoms with Crippen molar-refractivity contribution in [2.24, 2.45) is 0 Å². The van der Waals surface area contributed by atoms with Crippen LogP contribution in [0.15, 0.2) is 78.9 Å². The number of esters is 1. The summed E-state index contributed by atoms with van der Waals surface area (Å²) in [5.41, 5.74) is 4.18. The summed E-state index contributed by atoms with van der Waals surface area (Å²) in [7, 11) is 0. The topological polar surface area (TPSA) is 55.4 Å². The van der Waals surface area contributed by atoms with E-state index in [9.17, 15) is 9.59 Å². The van der Waals surface area contributed by atoms with Crippen LogP contribution in [0.4, 0.5) is 5.69 Å². The van der Waals surface area contributed by atoms with Crippen LogP contribution in [0.25, 0.3) is 12.2 Å². The van der Waals surface area contributed by atoms with Crippen molar-refractivity contribution in [2.45, 2.75) is 12.5 Å². The monoisotopic (exact) mass is 369 g/mol. The molecule has 28 heavy (non-hydrogen) atoms. The Bertz CT molecular complexity index is 1020. The Labute approximate surface area is 163 Å². The van der Waals surface area contributed by atoms with Crippen molar-refractivity contribution in [1.82, 2.24) is 0 Å². The fourth-order valence-corrected chi connectivity index (χ4v) is 3.13. The highest BCUT2D eigenvalue weighted by atomic mass is 16.5. The third-order valence-electron chi connectivity index (χ3n) is 4.63. The molecule has 1 aliphatic rings. The summed E-state index contributed by atoms with van der Waals surface area (Å²) in [6.45, 7) is 0. The lowest BCUT2D eigenvalue weighted by Crippen LogP contribution is -2.37. The molecule has 0 spiro atoms. The number of nitrogens with one attached hydrogen (secondary N) is 1. The maximum Gasteiger partial charge on any atom is 0.339 e. The van der Waals surface area contributed by atoms with Crippen molar-refractivity contribution in [1.29, 1.82) is 0 Å². The average Bonchev–Trinajstić information content (AvgIpc) is 2.74. The SMILES string of the molecule is O=C1OC(C(=O)Nc2ccc(/C=C/c3ccccc3)cc2)Cc2ccccc21. The Balaban J connectivity index is 1.40. The Morgan fingerprint density at radius 2 is 1.50 bits per heavy atom. The number of ether oxygens (including phenoxy) is 1. The van der Waals surface area contributed by atoms with E-state index in [2.05, 4.69) is 5.32 Å². The normalized spacial score (nSPS) is 15.7. The van der Waals surface area contributed by atoms with Gasteiger partial charge in [0.25, 0.3) is 5.91 Å². The van der Waals surface area contributed by atoms with E-state index in [1.807, 2.05) is 78.9 Å². The quantitative estimate of drug-likeness (QED) is 0.541. The molecule has 3 aromatic rings. The number of hydrogen-bond acceptors (Lipinski definition) is 3. The second-order valence-corrected chi connectivity index (χ2v) is 6.61. The van der Waals surface area contributed by atoms with Gasteiger partial charge in [-0.1, -0.05) is 72.8 Å². The lowest BCUT2D eigenvalue weighted by atomic mass is 9.98. The number of benzene rings is 3. The van der Waals surface area contributed by atoms with Gasteiger partial charge in [-0.05, 0) is 34.9 Å². The average molecular weight is 369 g/mol. The van der Waals surface area contributed by atoms with E-state index in [0.717, 1.165) is 16.7 Å². The van der Waals surface area contributed by atoms with Gasteiger partial charge in [-0.15, -0.1) is 0 Å². The van der Waals surface area contributed by atoms with E-state index < -0.39 is 12.1 Å². The molecule has 138 valence electrons. The van der Waals surface area contributed by atoms with E-state index in [1.165, 1.54) is 0 Å². The van der Waals surface area contributed by atoms with Crippen LogP contribution in [0.3, 0.4) is 0 Å². The molecule has 0 aromatic heterocycles. The Hall–Kier alpha value is -3.66. The van der Waals surface area contributed by atoms with Crippen molar-refractivity contribution >= 4 is 29.7 Å². The first-order valence-electron chi connectivity index (χ1n) is 9.12. The van der Waals surface area contributed by atoms with Gasteiger partial charge in [0.1, 0.15) is 0 Å². The number of amides is 1. The first kappa shape index (κ1) is 17.7. The van der Waals surface area contributed by atoms with Crippen LogP contribution in [0, 0.1) is 0 Å². The van der Waals surface area contributed by atoms with Gasteiger partial charge >= 0.3 is 5.97 Å². The van der Waals surface area contributed by atoms with E-state index in [1.54, 1.807) is 12.1 Å². The van der Waals surface area contributed by atoms with Crippen molar-refractivity contribution in [3.05, 3.63) is 101 Å². The van der Waals surface area contributed by atoms with E-state index in [4.69, 9.17) is 4.74 Å². The number of carbonyl (C=O) groups excluding carboxylic acids is 2. The number of rotatable bonds is 4. The molecule has 0 radical (unpaired) electrons. The second kappa shape index (κ2) is 7.92. The Morgan fingerprint density at radius 1 is 0.857 bits per heavy atom. The number of cyclic esters (lactones) is 1. The maximum atomic E-state index is 12.5. The summed E-state index contributed by atoms with van der Waals surface area (Å²) in [4.78, 5) is 24.6. The largest absolute Gasteiger partial charge is 0.448 e. The molecule has 1 amide bonds. The smallest absolute Gasteiger partial charge is 0.339 e. The fraction of sp³-hybridized carbons (Fsp3) is 0.0833. The van der Waals surface area contributed by atoms with Gasteiger partial charge in [-0.3, -0.25) is 4.79 Å². The Morgan fingerprint density at radius 3 is 2.25 bits per heavy atom. The molecule has 1 atom stereocenters. The lowest BCUT2D eigenvalue weighted by molar-refractivity contribution is -0.125. The molecule has 0 bridgehead atoms. The molecular weight excluding hydrogens is 350 g/mol. The molecule has 1 aliphatic heterocycles. The number of fused-ring (bicyclic) bond motifs is 1. The zero-order chi connectivity index (χ0) is 19.3. The summed E-state index contributed by atoms with van der Waals surface area (Å²) in [5, 5.41) is 2.82. The molecule has 0 saturated carbocycles. The predicted octanol–water partition coefficient (Wildman–Crippen LogP) is 4.58. The minimum absolute atomic E-state index is 0.324. The molecule has 4 rings (SSSR count). The highest BCUT2D eigenvalue weighted by Gasteiger charge is 2.30. The molecule has 1 heterocycles. The third-order valence-corrected chi connectivity index (χ3v) is 4.63. The van der Waals surface area contributed by atoms with Gasteiger partial charge in [0, 0.05) is 12.1 Å². The van der Waals surface area contributed by atoms with Crippen LogP contribution in [-0.2, 0) is 16.0 Å². The maximum absolute atomic E-state index is 12.5. The number of anilines is 1. The zero-order valence-corrected chi connectivity index (χ0v) is 15.2. The molecule has 0 fully saturated rings. The van der Waals surface area contributed by atoms with Gasteiger partial charge in [0.05, 0.1) is 5.56 Å². The zero-order valence-electron chi connectivity index (χ0n) is 15.2. The standard InChI is InChI=1S/C24H19NO3/c26-23(22-16-19-8-4-5-9-21(19)24(27)28-22)25-20-14-12-18(13-15-20)11-10-17-6-2-1-3-7-17/h1-15,22H,16H2,(H,25,26)/b11-10+. The van der Waals surface area contributed by atoms with Crippen molar-refractivity contribution in [3.63, 3.8) is 0 Å². The summed E-state index contributed by atoms with van der Waals surface area (Å²) < 4.78 is 5.30. The number of carbonyl (C=O) groups is 2. The van der Waals surface area contributed by atoms with Crippen molar-refractivity contribution in [2.75, 3.05) is 5.32 Å². The number of hydrogen-bond donors (Lipinski definition) is 1. The summed E-state index contributed by atoms with van der Waals surface area (Å²) in [6.07, 6.45) is 3.61. The van der Waals surface area contributed by atoms with Crippen molar-refractivity contribution in [3.8, 4) is 0 Å². The van der Waals surface area contributed by atoms with Gasteiger partial charge < -0.3 is 10.1 Å².